The quantitative estimate of drug-likeness (QED) is 0.278. The van der Waals surface area contributed by atoms with E-state index in [9.17, 15) is 9.59 Å². The molecule has 8 nitrogen and oxygen atoms in total. The average molecular weight is 649 g/mol. The van der Waals surface area contributed by atoms with E-state index in [1.54, 1.807) is 0 Å². The Bertz CT molecular complexity index is 1550. The lowest BCUT2D eigenvalue weighted by molar-refractivity contribution is -0.142. The first-order chi connectivity index (χ1) is 19.5. The Labute approximate surface area is 245 Å². The molecule has 2 aliphatic heterocycles. The van der Waals surface area contributed by atoms with Crippen molar-refractivity contribution in [3.05, 3.63) is 87.3 Å². The van der Waals surface area contributed by atoms with Crippen molar-refractivity contribution in [1.29, 1.82) is 0 Å². The van der Waals surface area contributed by atoms with E-state index in [1.807, 2.05) is 47.4 Å². The molecule has 40 heavy (non-hydrogen) atoms. The van der Waals surface area contributed by atoms with E-state index in [1.165, 1.54) is 22.3 Å². The van der Waals surface area contributed by atoms with Gasteiger partial charge in [-0.05, 0) is 82.3 Å². The topological polar surface area (TPSA) is 96.6 Å². The molecule has 7 rings (SSSR count). The highest BCUT2D eigenvalue weighted by molar-refractivity contribution is 14.1. The van der Waals surface area contributed by atoms with Crippen LogP contribution in [0, 0.1) is 3.57 Å². The molecule has 1 aromatic heterocycles. The number of ether oxygens (including phenoxy) is 2. The highest BCUT2D eigenvalue weighted by atomic mass is 127. The Morgan fingerprint density at radius 3 is 2.55 bits per heavy atom. The summed E-state index contributed by atoms with van der Waals surface area (Å²) in [6, 6.07) is 22.0. The van der Waals surface area contributed by atoms with Gasteiger partial charge in [-0.3, -0.25) is 4.79 Å². The number of hydrogen-bond acceptors (Lipinski definition) is 5. The van der Waals surface area contributed by atoms with Gasteiger partial charge < -0.3 is 24.7 Å². The van der Waals surface area contributed by atoms with Gasteiger partial charge in [0.25, 0.3) is 5.91 Å². The van der Waals surface area contributed by atoms with Crippen LogP contribution in [-0.2, 0) is 14.3 Å². The molecule has 9 heteroatoms. The highest BCUT2D eigenvalue weighted by Crippen LogP contribution is 2.44. The average Bonchev–Trinajstić information content (AvgIpc) is 3.76. The highest BCUT2D eigenvalue weighted by Gasteiger charge is 2.42. The number of amides is 2. The zero-order valence-electron chi connectivity index (χ0n) is 21.8. The fourth-order valence-electron chi connectivity index (χ4n) is 6.36. The zero-order valence-corrected chi connectivity index (χ0v) is 24.0. The third-order valence-electron chi connectivity index (χ3n) is 8.23. The zero-order chi connectivity index (χ0) is 27.2. The number of fused-ring (bicyclic) bond motifs is 4. The minimum atomic E-state index is -0.476. The van der Waals surface area contributed by atoms with Gasteiger partial charge >= 0.3 is 6.09 Å². The molecule has 3 aromatic carbocycles. The fourth-order valence-corrected chi connectivity index (χ4v) is 6.84. The van der Waals surface area contributed by atoms with Crippen LogP contribution in [-0.4, -0.2) is 58.8 Å². The first-order valence-corrected chi connectivity index (χ1v) is 14.8. The third kappa shape index (κ3) is 4.64. The number of benzene rings is 3. The van der Waals surface area contributed by atoms with E-state index >= 15 is 0 Å². The molecule has 0 bridgehead atoms. The summed E-state index contributed by atoms with van der Waals surface area (Å²) in [6.45, 7) is 1.22. The second-order valence-electron chi connectivity index (χ2n) is 10.7. The smallest absolute Gasteiger partial charge is 0.407 e. The van der Waals surface area contributed by atoms with Gasteiger partial charge in [-0.15, -0.1) is 0 Å². The van der Waals surface area contributed by atoms with E-state index in [0.717, 1.165) is 26.8 Å². The first-order valence-electron chi connectivity index (χ1n) is 13.7. The van der Waals surface area contributed by atoms with E-state index in [-0.39, 0.29) is 30.5 Å². The van der Waals surface area contributed by atoms with Crippen molar-refractivity contribution < 1.29 is 19.1 Å². The summed E-state index contributed by atoms with van der Waals surface area (Å²) in [5.74, 6) is 0.667. The molecule has 3 aliphatic rings. The summed E-state index contributed by atoms with van der Waals surface area (Å²) in [6.07, 6.45) is 1.21. The molecule has 204 valence electrons. The lowest BCUT2D eigenvalue weighted by Crippen LogP contribution is -2.42. The van der Waals surface area contributed by atoms with Gasteiger partial charge in [-0.1, -0.05) is 48.5 Å². The summed E-state index contributed by atoms with van der Waals surface area (Å²) in [4.78, 5) is 36.6. The molecular weight excluding hydrogens is 619 g/mol. The normalized spacial score (nSPS) is 21.9. The number of aromatic nitrogens is 2. The van der Waals surface area contributed by atoms with Crippen LogP contribution in [0.1, 0.15) is 48.2 Å². The van der Waals surface area contributed by atoms with Gasteiger partial charge in [0.05, 0.1) is 23.1 Å². The number of alkyl carbamates (subject to hydrolysis) is 1. The first kappa shape index (κ1) is 25.5. The second-order valence-corrected chi connectivity index (χ2v) is 11.9. The summed E-state index contributed by atoms with van der Waals surface area (Å²) in [5.41, 5.74) is 6.51. The summed E-state index contributed by atoms with van der Waals surface area (Å²) in [7, 11) is 0. The van der Waals surface area contributed by atoms with Gasteiger partial charge in [0, 0.05) is 22.6 Å². The Kier molecular flexibility index (Phi) is 6.71. The minimum Gasteiger partial charge on any atom is -0.449 e. The summed E-state index contributed by atoms with van der Waals surface area (Å²) >= 11 is 2.27. The number of imidazole rings is 1. The maximum atomic E-state index is 13.5. The van der Waals surface area contributed by atoms with Crippen LogP contribution < -0.4 is 5.32 Å². The third-order valence-corrected chi connectivity index (χ3v) is 8.90. The van der Waals surface area contributed by atoms with Gasteiger partial charge in [0.1, 0.15) is 18.5 Å². The minimum absolute atomic E-state index is 0.00888. The van der Waals surface area contributed by atoms with Crippen LogP contribution in [0.4, 0.5) is 4.79 Å². The van der Waals surface area contributed by atoms with Crippen molar-refractivity contribution in [2.24, 2.45) is 0 Å². The largest absolute Gasteiger partial charge is 0.449 e. The van der Waals surface area contributed by atoms with Gasteiger partial charge in [-0.25, -0.2) is 9.78 Å². The predicted molar refractivity (Wildman–Crippen MR) is 159 cm³/mol. The molecule has 0 saturated carbocycles. The SMILES string of the molecule is O=C(N[C@@H]1C[C@@H](c2nc3cc(I)ccc3[nH]2)N(C(=O)[C@H]2CCCO2)C1)OCC1c2ccccc2-c2ccccc21. The molecule has 0 spiro atoms. The number of halogens is 1. The molecule has 0 radical (unpaired) electrons. The number of aromatic amines is 1. The number of rotatable bonds is 5. The maximum Gasteiger partial charge on any atom is 0.407 e. The van der Waals surface area contributed by atoms with Crippen LogP contribution in [0.15, 0.2) is 66.7 Å². The fraction of sp³-hybridized carbons (Fsp3) is 0.323. The van der Waals surface area contributed by atoms with Crippen LogP contribution in [0.25, 0.3) is 22.2 Å². The van der Waals surface area contributed by atoms with Crippen LogP contribution in [0.2, 0.25) is 0 Å². The Balaban J connectivity index is 1.07. The van der Waals surface area contributed by atoms with E-state index in [2.05, 4.69) is 57.2 Å². The molecule has 4 aromatic rings. The van der Waals surface area contributed by atoms with E-state index < -0.39 is 12.2 Å². The van der Waals surface area contributed by atoms with Crippen molar-refractivity contribution in [2.45, 2.75) is 43.4 Å². The van der Waals surface area contributed by atoms with Gasteiger partial charge in [-0.2, -0.15) is 0 Å². The standard InChI is InChI=1S/C31H29IN4O4/c32-18-11-12-25-26(14-18)35-29(34-25)27-15-19(16-36(27)30(37)28-10-5-13-39-28)33-31(38)40-17-24-22-8-3-1-6-20(22)21-7-2-4-9-23(21)24/h1-4,6-9,11-12,14,19,24,27-28H,5,10,13,15-17H2,(H,33,38)(H,34,35)/t19-,27+,28-/m1/s1. The number of H-pyrrole nitrogens is 1. The molecule has 0 unspecified atom stereocenters. The molecule has 2 saturated heterocycles. The molecule has 3 atom stereocenters. The molecule has 3 heterocycles. The lowest BCUT2D eigenvalue weighted by atomic mass is 9.98. The number of nitrogens with one attached hydrogen (secondary N) is 2. The van der Waals surface area contributed by atoms with Crippen LogP contribution >= 0.6 is 22.6 Å². The van der Waals surface area contributed by atoms with Crippen LogP contribution in [0.5, 0.6) is 0 Å². The lowest BCUT2D eigenvalue weighted by Gasteiger charge is -2.25. The van der Waals surface area contributed by atoms with Crippen molar-refractivity contribution >= 4 is 45.6 Å². The number of hydrogen-bond donors (Lipinski definition) is 2. The Morgan fingerprint density at radius 2 is 1.82 bits per heavy atom. The molecule has 1 aliphatic carbocycles. The molecular formula is C31H29IN4O4. The molecule has 2 fully saturated rings. The summed E-state index contributed by atoms with van der Waals surface area (Å²) in [5, 5.41) is 3.03. The van der Waals surface area contributed by atoms with Gasteiger partial charge in [0.15, 0.2) is 0 Å². The molecule has 2 amide bonds. The van der Waals surface area contributed by atoms with E-state index in [4.69, 9.17) is 14.5 Å². The van der Waals surface area contributed by atoms with Crippen molar-refractivity contribution in [3.8, 4) is 11.1 Å². The number of carbonyl (C=O) groups excluding carboxylic acids is 2. The number of likely N-dealkylation sites (tertiary alicyclic amines) is 1. The predicted octanol–water partition coefficient (Wildman–Crippen LogP) is 5.53. The van der Waals surface area contributed by atoms with E-state index in [0.29, 0.717) is 26.0 Å². The summed E-state index contributed by atoms with van der Waals surface area (Å²) < 4.78 is 12.6. The maximum absolute atomic E-state index is 13.5. The monoisotopic (exact) mass is 648 g/mol. The second kappa shape index (κ2) is 10.5. The number of carbonyl (C=O) groups is 2. The van der Waals surface area contributed by atoms with Crippen LogP contribution in [0.3, 0.4) is 0 Å². The van der Waals surface area contributed by atoms with Gasteiger partial charge in [0.2, 0.25) is 0 Å². The molecule has 2 N–H and O–H groups in total. The number of nitrogens with zero attached hydrogens (tertiary/aromatic N) is 2. The van der Waals surface area contributed by atoms with Crippen molar-refractivity contribution in [2.75, 3.05) is 19.8 Å². The van der Waals surface area contributed by atoms with Crippen molar-refractivity contribution in [1.82, 2.24) is 20.2 Å². The Morgan fingerprint density at radius 1 is 1.07 bits per heavy atom. The van der Waals surface area contributed by atoms with Crippen molar-refractivity contribution in [3.63, 3.8) is 0 Å². The Hall–Kier alpha value is -3.44.